The summed E-state index contributed by atoms with van der Waals surface area (Å²) in [7, 11) is 0. The molecule has 0 aliphatic heterocycles. The minimum absolute atomic E-state index is 0.667. The molecule has 0 atom stereocenters. The first-order valence-corrected chi connectivity index (χ1v) is 6.38. The minimum Gasteiger partial charge on any atom is -0.330 e. The summed E-state index contributed by atoms with van der Waals surface area (Å²) >= 11 is 0. The highest BCUT2D eigenvalue weighted by atomic mass is 15.3. The summed E-state index contributed by atoms with van der Waals surface area (Å²) in [6, 6.07) is 6.33. The summed E-state index contributed by atoms with van der Waals surface area (Å²) in [6.45, 7) is 9.11. The molecule has 96 valence electrons. The smallest absolute Gasteiger partial charge is 0.0680 e. The quantitative estimate of drug-likeness (QED) is 0.900. The van der Waals surface area contributed by atoms with Crippen LogP contribution in [0.25, 0.3) is 5.69 Å². The molecule has 3 heteroatoms. The molecule has 0 aliphatic rings. The molecule has 0 bridgehead atoms. The van der Waals surface area contributed by atoms with Gasteiger partial charge in [0.1, 0.15) is 0 Å². The zero-order valence-electron chi connectivity index (χ0n) is 11.6. The molecule has 1 aromatic carbocycles. The Morgan fingerprint density at radius 3 is 2.56 bits per heavy atom. The van der Waals surface area contributed by atoms with Crippen molar-refractivity contribution in [1.29, 1.82) is 0 Å². The first kappa shape index (κ1) is 12.8. The maximum Gasteiger partial charge on any atom is 0.0680 e. The van der Waals surface area contributed by atoms with Gasteiger partial charge >= 0.3 is 0 Å². The highest BCUT2D eigenvalue weighted by molar-refractivity contribution is 5.46. The van der Waals surface area contributed by atoms with Crippen LogP contribution >= 0.6 is 0 Å². The Hall–Kier alpha value is -1.61. The van der Waals surface area contributed by atoms with Gasteiger partial charge in [-0.2, -0.15) is 5.10 Å². The lowest BCUT2D eigenvalue weighted by Gasteiger charge is -2.10. The average molecular weight is 243 g/mol. The van der Waals surface area contributed by atoms with E-state index in [-0.39, 0.29) is 0 Å². The molecule has 1 aromatic heterocycles. The molecule has 0 unspecified atom stereocenters. The topological polar surface area (TPSA) is 43.8 Å². The van der Waals surface area contributed by atoms with E-state index in [4.69, 9.17) is 5.73 Å². The van der Waals surface area contributed by atoms with E-state index in [0.717, 1.165) is 12.1 Å². The second kappa shape index (κ2) is 4.94. The predicted molar refractivity (Wildman–Crippen MR) is 75.3 cm³/mol. The fourth-order valence-electron chi connectivity index (χ4n) is 2.38. The van der Waals surface area contributed by atoms with Gasteiger partial charge < -0.3 is 5.73 Å². The molecular weight excluding hydrogens is 222 g/mol. The van der Waals surface area contributed by atoms with Crippen molar-refractivity contribution in [3.05, 3.63) is 46.3 Å². The van der Waals surface area contributed by atoms with Gasteiger partial charge in [0.2, 0.25) is 0 Å². The Balaban J connectivity index is 2.58. The number of aryl methyl sites for hydroxylation is 2. The van der Waals surface area contributed by atoms with Crippen LogP contribution in [-0.2, 0) is 6.42 Å². The lowest BCUT2D eigenvalue weighted by atomic mass is 10.1. The second-order valence-electron chi connectivity index (χ2n) is 4.82. The molecule has 2 aromatic rings. The van der Waals surface area contributed by atoms with Gasteiger partial charge in [0.05, 0.1) is 11.4 Å². The first-order chi connectivity index (χ1) is 8.56. The van der Waals surface area contributed by atoms with Crippen LogP contribution in [0.1, 0.15) is 28.1 Å². The number of nitrogens with zero attached hydrogens (tertiary/aromatic N) is 2. The highest BCUT2D eigenvalue weighted by Crippen LogP contribution is 2.22. The molecule has 2 N–H and O–H groups in total. The molecule has 0 spiro atoms. The molecule has 18 heavy (non-hydrogen) atoms. The molecule has 0 aliphatic carbocycles. The van der Waals surface area contributed by atoms with E-state index in [1.165, 1.54) is 28.1 Å². The SMILES string of the molecule is Cc1cccc(-n2nc(C)c(CCN)c2C)c1C. The largest absolute Gasteiger partial charge is 0.330 e. The number of aromatic nitrogens is 2. The molecular formula is C15H21N3. The van der Waals surface area contributed by atoms with Crippen molar-refractivity contribution < 1.29 is 0 Å². The Labute approximate surface area is 109 Å². The summed E-state index contributed by atoms with van der Waals surface area (Å²) in [5.74, 6) is 0. The molecule has 0 radical (unpaired) electrons. The highest BCUT2D eigenvalue weighted by Gasteiger charge is 2.13. The van der Waals surface area contributed by atoms with Crippen LogP contribution in [0, 0.1) is 27.7 Å². The van der Waals surface area contributed by atoms with Crippen molar-refractivity contribution in [3.8, 4) is 5.69 Å². The average Bonchev–Trinajstić information content (AvgIpc) is 2.61. The van der Waals surface area contributed by atoms with Crippen molar-refractivity contribution in [2.75, 3.05) is 6.54 Å². The van der Waals surface area contributed by atoms with Crippen LogP contribution in [-0.4, -0.2) is 16.3 Å². The number of benzene rings is 1. The number of hydrogen-bond acceptors (Lipinski definition) is 2. The number of nitrogens with two attached hydrogens (primary N) is 1. The van der Waals surface area contributed by atoms with Gasteiger partial charge in [0, 0.05) is 5.69 Å². The summed E-state index contributed by atoms with van der Waals surface area (Å²) < 4.78 is 2.04. The van der Waals surface area contributed by atoms with Gasteiger partial charge in [-0.15, -0.1) is 0 Å². The first-order valence-electron chi connectivity index (χ1n) is 6.38. The third-order valence-corrected chi connectivity index (χ3v) is 3.64. The molecule has 0 saturated heterocycles. The summed E-state index contributed by atoms with van der Waals surface area (Å²) in [4.78, 5) is 0. The van der Waals surface area contributed by atoms with E-state index in [1.54, 1.807) is 0 Å². The summed E-state index contributed by atoms with van der Waals surface area (Å²) in [6.07, 6.45) is 0.891. The zero-order chi connectivity index (χ0) is 13.3. The van der Waals surface area contributed by atoms with Crippen LogP contribution in [0.5, 0.6) is 0 Å². The van der Waals surface area contributed by atoms with Crippen LogP contribution in [0.2, 0.25) is 0 Å². The van der Waals surface area contributed by atoms with Crippen molar-refractivity contribution in [2.24, 2.45) is 5.73 Å². The lowest BCUT2D eigenvalue weighted by Crippen LogP contribution is -2.06. The Kier molecular flexibility index (Phi) is 3.53. The molecule has 0 saturated carbocycles. The van der Waals surface area contributed by atoms with E-state index in [0.29, 0.717) is 6.54 Å². The van der Waals surface area contributed by atoms with E-state index < -0.39 is 0 Å². The van der Waals surface area contributed by atoms with E-state index >= 15 is 0 Å². The Morgan fingerprint density at radius 2 is 1.89 bits per heavy atom. The minimum atomic E-state index is 0.667. The normalized spacial score (nSPS) is 10.9. The molecule has 2 rings (SSSR count). The molecule has 3 nitrogen and oxygen atoms in total. The van der Waals surface area contributed by atoms with Gasteiger partial charge in [-0.25, -0.2) is 4.68 Å². The van der Waals surface area contributed by atoms with Gasteiger partial charge in [-0.05, 0) is 63.4 Å². The maximum absolute atomic E-state index is 5.66. The summed E-state index contributed by atoms with van der Waals surface area (Å²) in [5, 5.41) is 4.66. The molecule has 1 heterocycles. The van der Waals surface area contributed by atoms with E-state index in [1.807, 2.05) is 4.68 Å². The van der Waals surface area contributed by atoms with Gasteiger partial charge in [-0.1, -0.05) is 12.1 Å². The second-order valence-corrected chi connectivity index (χ2v) is 4.82. The van der Waals surface area contributed by atoms with Crippen molar-refractivity contribution >= 4 is 0 Å². The van der Waals surface area contributed by atoms with Crippen molar-refractivity contribution in [3.63, 3.8) is 0 Å². The van der Waals surface area contributed by atoms with Gasteiger partial charge in [-0.3, -0.25) is 0 Å². The van der Waals surface area contributed by atoms with Crippen molar-refractivity contribution in [2.45, 2.75) is 34.1 Å². The van der Waals surface area contributed by atoms with Gasteiger partial charge in [0.25, 0.3) is 0 Å². The number of hydrogen-bond donors (Lipinski definition) is 1. The Bertz CT molecular complexity index is 567. The monoisotopic (exact) mass is 243 g/mol. The lowest BCUT2D eigenvalue weighted by molar-refractivity contribution is 0.824. The standard InChI is InChI=1S/C15H21N3/c1-10-6-5-7-15(11(10)2)18-13(4)14(8-9-16)12(3)17-18/h5-7H,8-9,16H2,1-4H3. The number of rotatable bonds is 3. The zero-order valence-corrected chi connectivity index (χ0v) is 11.6. The third kappa shape index (κ3) is 2.06. The molecule has 0 amide bonds. The van der Waals surface area contributed by atoms with E-state index in [2.05, 4.69) is 51.0 Å². The fraction of sp³-hybridized carbons (Fsp3) is 0.400. The van der Waals surface area contributed by atoms with Crippen LogP contribution in [0.15, 0.2) is 18.2 Å². The van der Waals surface area contributed by atoms with Crippen LogP contribution < -0.4 is 5.73 Å². The van der Waals surface area contributed by atoms with Gasteiger partial charge in [0.15, 0.2) is 0 Å². The van der Waals surface area contributed by atoms with Crippen LogP contribution in [0.3, 0.4) is 0 Å². The summed E-state index contributed by atoms with van der Waals surface area (Å²) in [5.41, 5.74) is 13.0. The van der Waals surface area contributed by atoms with Crippen molar-refractivity contribution in [1.82, 2.24) is 9.78 Å². The van der Waals surface area contributed by atoms with Crippen LogP contribution in [0.4, 0.5) is 0 Å². The maximum atomic E-state index is 5.66. The fourth-order valence-corrected chi connectivity index (χ4v) is 2.38. The third-order valence-electron chi connectivity index (χ3n) is 3.64. The van der Waals surface area contributed by atoms with E-state index in [9.17, 15) is 0 Å². The Morgan fingerprint density at radius 1 is 1.17 bits per heavy atom. The molecule has 0 fully saturated rings. The predicted octanol–water partition coefficient (Wildman–Crippen LogP) is 2.61.